The molecule has 0 saturated carbocycles. The average Bonchev–Trinajstić information content (AvgIpc) is 2.44. The zero-order chi connectivity index (χ0) is 9.84. The van der Waals surface area contributed by atoms with Gasteiger partial charge in [-0.05, 0) is 6.42 Å². The molecule has 0 radical (unpaired) electrons. The lowest BCUT2D eigenvalue weighted by Crippen LogP contribution is -2.35. The van der Waals surface area contributed by atoms with Crippen molar-refractivity contribution < 1.29 is 14.3 Å². The van der Waals surface area contributed by atoms with Crippen LogP contribution in [0.1, 0.15) is 12.8 Å². The van der Waals surface area contributed by atoms with Crippen molar-refractivity contribution in [3.05, 3.63) is 0 Å². The molecule has 0 aromatic heterocycles. The van der Waals surface area contributed by atoms with Crippen LogP contribution in [0, 0.1) is 0 Å². The minimum atomic E-state index is -0.377. The lowest BCUT2D eigenvalue weighted by molar-refractivity contribution is -0.141. The molecule has 1 rings (SSSR count). The van der Waals surface area contributed by atoms with Gasteiger partial charge in [0.1, 0.15) is 0 Å². The number of amides is 1. The maximum absolute atomic E-state index is 11.3. The topological polar surface area (TPSA) is 72.6 Å². The minimum Gasteiger partial charge on any atom is -0.469 e. The van der Waals surface area contributed by atoms with Crippen LogP contribution in [0.2, 0.25) is 0 Å². The Morgan fingerprint density at radius 2 is 2.46 bits per heavy atom. The summed E-state index contributed by atoms with van der Waals surface area (Å²) in [4.78, 5) is 23.6. The number of nitrogens with zero attached hydrogens (tertiary/aromatic N) is 1. The van der Waals surface area contributed by atoms with Gasteiger partial charge in [-0.1, -0.05) is 0 Å². The summed E-state index contributed by atoms with van der Waals surface area (Å²) in [6, 6.07) is -0.377. The van der Waals surface area contributed by atoms with Gasteiger partial charge < -0.3 is 15.4 Å². The predicted molar refractivity (Wildman–Crippen MR) is 45.8 cm³/mol. The molecule has 1 aliphatic rings. The van der Waals surface area contributed by atoms with E-state index in [4.69, 9.17) is 5.73 Å². The highest BCUT2D eigenvalue weighted by atomic mass is 16.5. The molecule has 0 spiro atoms. The van der Waals surface area contributed by atoms with Gasteiger partial charge in [0.05, 0.1) is 19.6 Å². The summed E-state index contributed by atoms with van der Waals surface area (Å²) in [5, 5.41) is 0. The monoisotopic (exact) mass is 186 g/mol. The van der Waals surface area contributed by atoms with Crippen LogP contribution in [0.5, 0.6) is 0 Å². The van der Waals surface area contributed by atoms with Gasteiger partial charge in [-0.3, -0.25) is 9.59 Å². The van der Waals surface area contributed by atoms with E-state index in [1.54, 1.807) is 4.90 Å². The van der Waals surface area contributed by atoms with E-state index in [1.807, 2.05) is 0 Å². The van der Waals surface area contributed by atoms with Crippen LogP contribution in [0.4, 0.5) is 0 Å². The standard InChI is InChI=1S/C8H14N2O3/c1-13-7(11)3-5-10-4-2-6(9)8(10)12/h6H,2-5,9H2,1H3. The first-order valence-electron chi connectivity index (χ1n) is 4.26. The van der Waals surface area contributed by atoms with Crippen molar-refractivity contribution in [2.75, 3.05) is 20.2 Å². The number of hydrogen-bond acceptors (Lipinski definition) is 4. The fourth-order valence-electron chi connectivity index (χ4n) is 1.31. The summed E-state index contributed by atoms with van der Waals surface area (Å²) in [6.45, 7) is 1.07. The zero-order valence-corrected chi connectivity index (χ0v) is 7.66. The summed E-state index contributed by atoms with van der Waals surface area (Å²) < 4.78 is 4.46. The molecule has 1 heterocycles. The fraction of sp³-hybridized carbons (Fsp3) is 0.750. The summed E-state index contributed by atoms with van der Waals surface area (Å²) in [6.07, 6.45) is 0.926. The van der Waals surface area contributed by atoms with E-state index in [-0.39, 0.29) is 24.3 Å². The van der Waals surface area contributed by atoms with Gasteiger partial charge in [0, 0.05) is 13.1 Å². The Morgan fingerprint density at radius 1 is 1.77 bits per heavy atom. The number of methoxy groups -OCH3 is 1. The molecule has 0 aromatic rings. The van der Waals surface area contributed by atoms with E-state index >= 15 is 0 Å². The molecule has 5 nitrogen and oxygen atoms in total. The molecule has 1 fully saturated rings. The summed E-state index contributed by atoms with van der Waals surface area (Å²) in [5.41, 5.74) is 5.50. The Morgan fingerprint density at radius 3 is 2.92 bits per heavy atom. The van der Waals surface area contributed by atoms with E-state index in [0.29, 0.717) is 19.5 Å². The molecule has 1 amide bonds. The van der Waals surface area contributed by atoms with Crippen molar-refractivity contribution in [2.45, 2.75) is 18.9 Å². The van der Waals surface area contributed by atoms with E-state index in [1.165, 1.54) is 7.11 Å². The van der Waals surface area contributed by atoms with E-state index in [2.05, 4.69) is 4.74 Å². The maximum atomic E-state index is 11.3. The van der Waals surface area contributed by atoms with Crippen LogP contribution in [0.25, 0.3) is 0 Å². The van der Waals surface area contributed by atoms with Gasteiger partial charge in [-0.25, -0.2) is 0 Å². The van der Waals surface area contributed by atoms with Crippen molar-refractivity contribution in [2.24, 2.45) is 5.73 Å². The Kier molecular flexibility index (Phi) is 3.25. The van der Waals surface area contributed by atoms with Gasteiger partial charge in [-0.2, -0.15) is 0 Å². The van der Waals surface area contributed by atoms with Crippen LogP contribution in [-0.2, 0) is 14.3 Å². The Labute approximate surface area is 76.8 Å². The second kappa shape index (κ2) is 4.23. The number of esters is 1. The highest BCUT2D eigenvalue weighted by Crippen LogP contribution is 2.09. The zero-order valence-electron chi connectivity index (χ0n) is 7.66. The summed E-state index contributed by atoms with van der Waals surface area (Å²) >= 11 is 0. The number of rotatable bonds is 3. The lowest BCUT2D eigenvalue weighted by atomic mass is 10.3. The molecule has 0 aliphatic carbocycles. The van der Waals surface area contributed by atoms with Crippen molar-refractivity contribution >= 4 is 11.9 Å². The number of carbonyl (C=O) groups excluding carboxylic acids is 2. The summed E-state index contributed by atoms with van der Waals surface area (Å²) in [5.74, 6) is -0.364. The molecule has 1 aliphatic heterocycles. The largest absolute Gasteiger partial charge is 0.469 e. The average molecular weight is 186 g/mol. The second-order valence-electron chi connectivity index (χ2n) is 3.05. The highest BCUT2D eigenvalue weighted by Gasteiger charge is 2.28. The first kappa shape index (κ1) is 9.98. The number of ether oxygens (including phenoxy) is 1. The van der Waals surface area contributed by atoms with Crippen LogP contribution in [0.15, 0.2) is 0 Å². The molecule has 5 heteroatoms. The van der Waals surface area contributed by atoms with Crippen molar-refractivity contribution in [3.63, 3.8) is 0 Å². The number of carbonyl (C=O) groups is 2. The SMILES string of the molecule is COC(=O)CCN1CCC(N)C1=O. The van der Waals surface area contributed by atoms with Gasteiger partial charge >= 0.3 is 5.97 Å². The molecule has 74 valence electrons. The van der Waals surface area contributed by atoms with Crippen LogP contribution >= 0.6 is 0 Å². The van der Waals surface area contributed by atoms with Crippen molar-refractivity contribution in [3.8, 4) is 0 Å². The van der Waals surface area contributed by atoms with Gasteiger partial charge in [0.15, 0.2) is 0 Å². The normalized spacial score (nSPS) is 22.2. The molecule has 0 aromatic carbocycles. The maximum Gasteiger partial charge on any atom is 0.307 e. The lowest BCUT2D eigenvalue weighted by Gasteiger charge is -2.14. The Bertz CT molecular complexity index is 217. The highest BCUT2D eigenvalue weighted by molar-refractivity contribution is 5.84. The molecule has 2 N–H and O–H groups in total. The molecule has 1 atom stereocenters. The molecule has 1 saturated heterocycles. The number of likely N-dealkylation sites (tertiary alicyclic amines) is 1. The fourth-order valence-corrected chi connectivity index (χ4v) is 1.31. The molecular weight excluding hydrogens is 172 g/mol. The van der Waals surface area contributed by atoms with Gasteiger partial charge in [-0.15, -0.1) is 0 Å². The quantitative estimate of drug-likeness (QED) is 0.580. The van der Waals surface area contributed by atoms with Crippen molar-refractivity contribution in [1.29, 1.82) is 0 Å². The van der Waals surface area contributed by atoms with Crippen LogP contribution in [-0.4, -0.2) is 43.0 Å². The third-order valence-corrected chi connectivity index (χ3v) is 2.15. The Hall–Kier alpha value is -1.10. The smallest absolute Gasteiger partial charge is 0.307 e. The third kappa shape index (κ3) is 2.42. The molecule has 13 heavy (non-hydrogen) atoms. The minimum absolute atomic E-state index is 0.0658. The summed E-state index contributed by atoms with van der Waals surface area (Å²) in [7, 11) is 1.33. The predicted octanol–water partition coefficient (Wildman–Crippen LogP) is -0.891. The second-order valence-corrected chi connectivity index (χ2v) is 3.05. The van der Waals surface area contributed by atoms with Crippen LogP contribution < -0.4 is 5.73 Å². The first-order chi connectivity index (χ1) is 6.15. The third-order valence-electron chi connectivity index (χ3n) is 2.15. The number of hydrogen-bond donors (Lipinski definition) is 1. The van der Waals surface area contributed by atoms with Crippen molar-refractivity contribution in [1.82, 2.24) is 4.90 Å². The van der Waals surface area contributed by atoms with Gasteiger partial charge in [0.2, 0.25) is 5.91 Å². The van der Waals surface area contributed by atoms with E-state index < -0.39 is 0 Å². The van der Waals surface area contributed by atoms with Gasteiger partial charge in [0.25, 0.3) is 0 Å². The molecular formula is C8H14N2O3. The molecule has 0 bridgehead atoms. The first-order valence-corrected chi connectivity index (χ1v) is 4.26. The number of nitrogens with two attached hydrogens (primary N) is 1. The van der Waals surface area contributed by atoms with E-state index in [9.17, 15) is 9.59 Å². The van der Waals surface area contributed by atoms with E-state index in [0.717, 1.165) is 0 Å². The Balaban J connectivity index is 2.30. The van der Waals surface area contributed by atoms with Crippen LogP contribution in [0.3, 0.4) is 0 Å². The molecule has 1 unspecified atom stereocenters.